The Balaban J connectivity index is 1.66. The molecule has 0 aliphatic carbocycles. The molecule has 0 aliphatic rings. The van der Waals surface area contributed by atoms with Gasteiger partial charge in [-0.25, -0.2) is 4.68 Å². The molecule has 0 spiro atoms. The highest BCUT2D eigenvalue weighted by atomic mass is 35.5. The van der Waals surface area contributed by atoms with Gasteiger partial charge in [0, 0.05) is 26.9 Å². The smallest absolute Gasteiger partial charge is 0.249 e. The lowest BCUT2D eigenvalue weighted by molar-refractivity contribution is -0.111. The number of rotatable bonds is 6. The van der Waals surface area contributed by atoms with Gasteiger partial charge in [0.15, 0.2) is 0 Å². The zero-order valence-corrected chi connectivity index (χ0v) is 16.2. The highest BCUT2D eigenvalue weighted by Crippen LogP contribution is 2.29. The highest BCUT2D eigenvalue weighted by molar-refractivity contribution is 7.16. The Kier molecular flexibility index (Phi) is 6.07. The van der Waals surface area contributed by atoms with Gasteiger partial charge in [-0.3, -0.25) is 4.79 Å². The van der Waals surface area contributed by atoms with E-state index in [-0.39, 0.29) is 5.91 Å². The predicted molar refractivity (Wildman–Crippen MR) is 110 cm³/mol. The van der Waals surface area contributed by atoms with E-state index in [0.29, 0.717) is 23.8 Å². The fraction of sp³-hybridized carbons (Fsp3) is 0.150. The number of anilines is 1. The number of thiophene rings is 1. The summed E-state index contributed by atoms with van der Waals surface area (Å²) < 4.78 is 1.63. The standard InChI is InChI=1S/C20H17ClN4OS/c1-14-13-19(25(24-14)12-2-11-22)23-20(26)10-8-17-7-9-18(27-17)15-3-5-16(21)6-4-15/h3-10,13H,2,12H2,1H3,(H,23,26)/b10-8+. The highest BCUT2D eigenvalue weighted by Gasteiger charge is 2.08. The van der Waals surface area contributed by atoms with Gasteiger partial charge in [-0.15, -0.1) is 11.3 Å². The molecule has 0 saturated heterocycles. The first-order valence-corrected chi connectivity index (χ1v) is 9.51. The van der Waals surface area contributed by atoms with Crippen LogP contribution in [0.3, 0.4) is 0 Å². The maximum atomic E-state index is 12.2. The van der Waals surface area contributed by atoms with E-state index in [9.17, 15) is 4.79 Å². The van der Waals surface area contributed by atoms with Crippen LogP contribution in [0.2, 0.25) is 5.02 Å². The van der Waals surface area contributed by atoms with Crippen LogP contribution in [0.5, 0.6) is 0 Å². The van der Waals surface area contributed by atoms with Crippen molar-refractivity contribution >= 4 is 40.7 Å². The zero-order valence-electron chi connectivity index (χ0n) is 14.6. The molecule has 5 nitrogen and oxygen atoms in total. The molecule has 0 saturated carbocycles. The van der Waals surface area contributed by atoms with Crippen molar-refractivity contribution in [3.8, 4) is 16.5 Å². The van der Waals surface area contributed by atoms with Gasteiger partial charge < -0.3 is 5.32 Å². The maximum absolute atomic E-state index is 12.2. The Hall–Kier alpha value is -2.88. The van der Waals surface area contributed by atoms with E-state index in [1.165, 1.54) is 6.08 Å². The van der Waals surface area contributed by atoms with E-state index < -0.39 is 0 Å². The Morgan fingerprint density at radius 1 is 1.33 bits per heavy atom. The second-order valence-electron chi connectivity index (χ2n) is 5.83. The van der Waals surface area contributed by atoms with Crippen molar-refractivity contribution in [2.45, 2.75) is 19.9 Å². The first-order valence-electron chi connectivity index (χ1n) is 8.31. The molecule has 0 bridgehead atoms. The van der Waals surface area contributed by atoms with Crippen LogP contribution in [0, 0.1) is 18.3 Å². The molecule has 3 aromatic rings. The van der Waals surface area contributed by atoms with Gasteiger partial charge in [-0.05, 0) is 42.8 Å². The van der Waals surface area contributed by atoms with Crippen LogP contribution in [0.4, 0.5) is 5.82 Å². The summed E-state index contributed by atoms with van der Waals surface area (Å²) in [5.74, 6) is 0.347. The largest absolute Gasteiger partial charge is 0.307 e. The van der Waals surface area contributed by atoms with Crippen LogP contribution in [-0.4, -0.2) is 15.7 Å². The number of hydrogen-bond acceptors (Lipinski definition) is 4. The predicted octanol–water partition coefficient (Wildman–Crippen LogP) is 5.14. The van der Waals surface area contributed by atoms with Crippen LogP contribution < -0.4 is 5.32 Å². The van der Waals surface area contributed by atoms with Crippen LogP contribution >= 0.6 is 22.9 Å². The lowest BCUT2D eigenvalue weighted by Crippen LogP contribution is -2.13. The molecular formula is C20H17ClN4OS. The van der Waals surface area contributed by atoms with Gasteiger partial charge in [0.05, 0.1) is 24.7 Å². The van der Waals surface area contributed by atoms with Gasteiger partial charge >= 0.3 is 0 Å². The Morgan fingerprint density at radius 2 is 2.11 bits per heavy atom. The van der Waals surface area contributed by atoms with E-state index in [0.717, 1.165) is 21.0 Å². The first-order chi connectivity index (χ1) is 13.0. The van der Waals surface area contributed by atoms with Crippen molar-refractivity contribution in [3.63, 3.8) is 0 Å². The number of aromatic nitrogens is 2. The van der Waals surface area contributed by atoms with Gasteiger partial charge in [0.2, 0.25) is 5.91 Å². The number of nitrogens with zero attached hydrogens (tertiary/aromatic N) is 3. The number of carbonyl (C=O) groups is 1. The number of halogens is 1. The molecule has 2 aromatic heterocycles. The van der Waals surface area contributed by atoms with Gasteiger partial charge in [-0.2, -0.15) is 10.4 Å². The number of nitriles is 1. The number of aryl methyl sites for hydroxylation is 2. The van der Waals surface area contributed by atoms with Crippen molar-refractivity contribution in [3.05, 3.63) is 64.1 Å². The molecule has 136 valence electrons. The van der Waals surface area contributed by atoms with Crippen molar-refractivity contribution in [1.82, 2.24) is 9.78 Å². The third kappa shape index (κ3) is 5.07. The van der Waals surface area contributed by atoms with Crippen LogP contribution in [0.25, 0.3) is 16.5 Å². The topological polar surface area (TPSA) is 70.7 Å². The second-order valence-corrected chi connectivity index (χ2v) is 7.39. The van der Waals surface area contributed by atoms with Crippen molar-refractivity contribution in [1.29, 1.82) is 5.26 Å². The number of amides is 1. The number of nitrogens with one attached hydrogen (secondary N) is 1. The summed E-state index contributed by atoms with van der Waals surface area (Å²) in [5.41, 5.74) is 1.88. The summed E-state index contributed by atoms with van der Waals surface area (Å²) in [5, 5.41) is 16.5. The van der Waals surface area contributed by atoms with E-state index in [4.69, 9.17) is 16.9 Å². The Morgan fingerprint density at radius 3 is 2.85 bits per heavy atom. The summed E-state index contributed by atoms with van der Waals surface area (Å²) in [6.45, 7) is 2.29. The maximum Gasteiger partial charge on any atom is 0.249 e. The zero-order chi connectivity index (χ0) is 19.2. The van der Waals surface area contributed by atoms with Crippen molar-refractivity contribution in [2.75, 3.05) is 5.32 Å². The molecule has 7 heteroatoms. The van der Waals surface area contributed by atoms with Gasteiger partial charge in [-0.1, -0.05) is 23.7 Å². The van der Waals surface area contributed by atoms with Crippen LogP contribution in [0.1, 0.15) is 17.0 Å². The third-order valence-electron chi connectivity index (χ3n) is 3.74. The fourth-order valence-corrected chi connectivity index (χ4v) is 3.55. The van der Waals surface area contributed by atoms with E-state index in [1.807, 2.05) is 43.3 Å². The Labute approximate surface area is 166 Å². The minimum absolute atomic E-state index is 0.241. The quantitative estimate of drug-likeness (QED) is 0.586. The molecule has 3 rings (SSSR count). The van der Waals surface area contributed by atoms with Gasteiger partial charge in [0.1, 0.15) is 5.82 Å². The molecule has 0 atom stereocenters. The molecule has 0 fully saturated rings. The molecule has 27 heavy (non-hydrogen) atoms. The normalized spacial score (nSPS) is 10.9. The van der Waals surface area contributed by atoms with E-state index in [2.05, 4.69) is 16.5 Å². The number of benzene rings is 1. The van der Waals surface area contributed by atoms with Crippen molar-refractivity contribution < 1.29 is 4.79 Å². The lowest BCUT2D eigenvalue weighted by atomic mass is 10.2. The second kappa shape index (κ2) is 8.67. The number of carbonyl (C=O) groups excluding carboxylic acids is 1. The molecule has 0 aliphatic heterocycles. The Bertz CT molecular complexity index is 1010. The molecule has 1 N–H and O–H groups in total. The molecular weight excluding hydrogens is 380 g/mol. The van der Waals surface area contributed by atoms with Gasteiger partial charge in [0.25, 0.3) is 0 Å². The summed E-state index contributed by atoms with van der Waals surface area (Å²) in [4.78, 5) is 14.3. The minimum atomic E-state index is -0.241. The third-order valence-corrected chi connectivity index (χ3v) is 5.09. The fourth-order valence-electron chi connectivity index (χ4n) is 2.51. The monoisotopic (exact) mass is 396 g/mol. The average molecular weight is 397 g/mol. The SMILES string of the molecule is Cc1cc(NC(=O)/C=C/c2ccc(-c3ccc(Cl)cc3)s2)n(CCC#N)n1. The summed E-state index contributed by atoms with van der Waals surface area (Å²) in [7, 11) is 0. The number of hydrogen-bond donors (Lipinski definition) is 1. The molecule has 1 amide bonds. The average Bonchev–Trinajstić information content (AvgIpc) is 3.25. The molecule has 1 aromatic carbocycles. The summed E-state index contributed by atoms with van der Waals surface area (Å²) >= 11 is 7.52. The first kappa shape index (κ1) is 18.9. The van der Waals surface area contributed by atoms with Crippen molar-refractivity contribution in [2.24, 2.45) is 0 Å². The minimum Gasteiger partial charge on any atom is -0.307 e. The molecule has 0 unspecified atom stereocenters. The van der Waals surface area contributed by atoms with Crippen LogP contribution in [0.15, 0.2) is 48.5 Å². The molecule has 0 radical (unpaired) electrons. The summed E-state index contributed by atoms with van der Waals surface area (Å²) in [6.07, 6.45) is 3.61. The lowest BCUT2D eigenvalue weighted by Gasteiger charge is -2.05. The molecule has 2 heterocycles. The van der Waals surface area contributed by atoms with E-state index >= 15 is 0 Å². The van der Waals surface area contributed by atoms with E-state index in [1.54, 1.807) is 28.2 Å². The van der Waals surface area contributed by atoms with Crippen LogP contribution in [-0.2, 0) is 11.3 Å². The summed E-state index contributed by atoms with van der Waals surface area (Å²) in [6, 6.07) is 15.5.